The van der Waals surface area contributed by atoms with Gasteiger partial charge in [-0.2, -0.15) is 0 Å². The van der Waals surface area contributed by atoms with E-state index < -0.39 is 12.1 Å². The van der Waals surface area contributed by atoms with Crippen LogP contribution in [0.15, 0.2) is 0 Å². The first-order valence-electron chi connectivity index (χ1n) is 1.54. The fraction of sp³-hybridized carbons (Fsp3) is 0.333. The van der Waals surface area contributed by atoms with Crippen LogP contribution in [0.2, 0.25) is 0 Å². The van der Waals surface area contributed by atoms with Gasteiger partial charge in [0.2, 0.25) is 6.16 Å². The van der Waals surface area contributed by atoms with Crippen LogP contribution in [0, 0.1) is 0 Å². The second kappa shape index (κ2) is 10.4. The maximum Gasteiger partial charge on any atom is 2.00 e. The fourth-order valence-electron chi connectivity index (χ4n) is 0. The Labute approximate surface area is 64.1 Å². The molecule has 0 fully saturated rings. The number of carboxylic acids is 1. The van der Waals surface area contributed by atoms with E-state index >= 15 is 0 Å². The topological polar surface area (TPSA) is 100 Å². The summed E-state index contributed by atoms with van der Waals surface area (Å²) >= 11 is 0. The molecule has 0 unspecified atom stereocenters. The van der Waals surface area contributed by atoms with Gasteiger partial charge in [0.15, 0.2) is 0 Å². The van der Waals surface area contributed by atoms with Crippen LogP contribution in [-0.2, 0) is 24.3 Å². The minimum Gasteiger partial charge on any atom is -0.565 e. The number of aliphatic carboxylic acids is 1. The van der Waals surface area contributed by atoms with E-state index in [4.69, 9.17) is 24.9 Å². The van der Waals surface area contributed by atoms with Crippen LogP contribution in [0.3, 0.4) is 0 Å². The molecule has 0 aliphatic rings. The predicted molar refractivity (Wildman–Crippen MR) is 18.7 cm³/mol. The van der Waals surface area contributed by atoms with Crippen molar-refractivity contribution in [3.63, 3.8) is 0 Å². The third-order valence-electron chi connectivity index (χ3n) is 0. The van der Waals surface area contributed by atoms with Crippen LogP contribution in [0.4, 0.5) is 4.79 Å². The molecule has 5 nitrogen and oxygen atoms in total. The van der Waals surface area contributed by atoms with Crippen molar-refractivity contribution in [3.8, 4) is 0 Å². The Hall–Kier alpha value is -0.637. The smallest absolute Gasteiger partial charge is 0.565 e. The zero-order valence-electron chi connectivity index (χ0n) is 4.79. The normalized spacial score (nSPS) is 5.44. The van der Waals surface area contributed by atoms with Crippen molar-refractivity contribution >= 4 is 12.1 Å². The van der Waals surface area contributed by atoms with E-state index in [-0.39, 0.29) is 19.5 Å². The summed E-state index contributed by atoms with van der Waals surface area (Å²) in [4.78, 5) is 17.3. The van der Waals surface area contributed by atoms with Crippen LogP contribution in [-0.4, -0.2) is 17.2 Å². The largest absolute Gasteiger partial charge is 2.00 e. The average Bonchev–Trinajstić information content (AvgIpc) is 1.25. The van der Waals surface area contributed by atoms with E-state index in [0.717, 1.165) is 6.92 Å². The number of carbonyl (C=O) groups is 2. The van der Waals surface area contributed by atoms with Gasteiger partial charge in [0, 0.05) is 5.97 Å². The van der Waals surface area contributed by atoms with Crippen LogP contribution in [0.25, 0.3) is 0 Å². The average molecular weight is 185 g/mol. The number of hydrogen-bond donors (Lipinski definition) is 1. The molecule has 0 aliphatic carbocycles. The van der Waals surface area contributed by atoms with Gasteiger partial charge in [-0.25, -0.2) is 0 Å². The standard InChI is InChI=1S/C2H4O2.CH2O3.Zn/c1-2(3)4;2-1(3)4;/h1H3,(H,3,4);(H2,2,3,4);/q;;+2/p-2. The Bertz CT molecular complexity index is 70.2. The molecule has 0 atom stereocenters. The number of hydrogen-bond acceptors (Lipinski definition) is 4. The minimum atomic E-state index is -2.08. The molecule has 0 aromatic heterocycles. The first-order valence-corrected chi connectivity index (χ1v) is 1.54. The van der Waals surface area contributed by atoms with Gasteiger partial charge in [-0.15, -0.1) is 0 Å². The summed E-state index contributed by atoms with van der Waals surface area (Å²) < 4.78 is 0. The van der Waals surface area contributed by atoms with Gasteiger partial charge in [-0.05, 0) is 6.92 Å². The molecule has 9 heavy (non-hydrogen) atoms. The first-order chi connectivity index (χ1) is 3.46. The maximum absolute atomic E-state index is 8.89. The molecule has 0 saturated carbocycles. The summed E-state index contributed by atoms with van der Waals surface area (Å²) in [6.45, 7) is 0.972. The summed E-state index contributed by atoms with van der Waals surface area (Å²) in [5, 5.41) is 24.2. The van der Waals surface area contributed by atoms with E-state index in [1.807, 2.05) is 0 Å². The van der Waals surface area contributed by atoms with Gasteiger partial charge in [0.1, 0.15) is 0 Å². The van der Waals surface area contributed by atoms with Gasteiger partial charge in [-0.3, -0.25) is 0 Å². The van der Waals surface area contributed by atoms with Gasteiger partial charge in [0.25, 0.3) is 0 Å². The van der Waals surface area contributed by atoms with Crippen LogP contribution in [0.5, 0.6) is 0 Å². The van der Waals surface area contributed by atoms with Crippen LogP contribution in [0.1, 0.15) is 6.92 Å². The van der Waals surface area contributed by atoms with E-state index in [1.165, 1.54) is 0 Å². The molecular weight excluding hydrogens is 181 g/mol. The van der Waals surface area contributed by atoms with Crippen molar-refractivity contribution in [1.82, 2.24) is 0 Å². The van der Waals surface area contributed by atoms with Crippen molar-refractivity contribution in [3.05, 3.63) is 0 Å². The molecule has 0 aliphatic heterocycles. The summed E-state index contributed by atoms with van der Waals surface area (Å²) in [7, 11) is 0. The van der Waals surface area contributed by atoms with E-state index in [2.05, 4.69) is 0 Å². The van der Waals surface area contributed by atoms with Crippen LogP contribution >= 0.6 is 0 Å². The van der Waals surface area contributed by atoms with E-state index in [0.29, 0.717) is 0 Å². The summed E-state index contributed by atoms with van der Waals surface area (Å²) in [6.07, 6.45) is -2.08. The monoisotopic (exact) mass is 184 g/mol. The summed E-state index contributed by atoms with van der Waals surface area (Å²) in [5.41, 5.74) is 0. The Morgan fingerprint density at radius 3 is 1.33 bits per heavy atom. The van der Waals surface area contributed by atoms with Crippen molar-refractivity contribution in [2.75, 3.05) is 0 Å². The molecule has 0 amide bonds. The van der Waals surface area contributed by atoms with Crippen molar-refractivity contribution in [2.45, 2.75) is 6.92 Å². The predicted octanol–water partition coefficient (Wildman–Crippen LogP) is -2.36. The third-order valence-corrected chi connectivity index (χ3v) is 0. The second-order valence-corrected chi connectivity index (χ2v) is 0.757. The zero-order valence-corrected chi connectivity index (χ0v) is 7.75. The quantitative estimate of drug-likeness (QED) is 0.426. The molecular formula is C3H4O5Zn. The molecule has 0 rings (SSSR count). The van der Waals surface area contributed by atoms with Gasteiger partial charge in [-0.1, -0.05) is 0 Å². The number of carbonyl (C=O) groups excluding carboxylic acids is 1. The Morgan fingerprint density at radius 1 is 1.33 bits per heavy atom. The Morgan fingerprint density at radius 2 is 1.33 bits per heavy atom. The molecule has 0 bridgehead atoms. The summed E-state index contributed by atoms with van der Waals surface area (Å²) in [6, 6.07) is 0. The van der Waals surface area contributed by atoms with Crippen molar-refractivity contribution in [1.29, 1.82) is 0 Å². The maximum atomic E-state index is 8.89. The molecule has 0 heterocycles. The molecule has 6 heteroatoms. The molecule has 0 spiro atoms. The third kappa shape index (κ3) is 523. The molecule has 0 saturated heterocycles. The first kappa shape index (κ1) is 15.8. The zero-order chi connectivity index (χ0) is 7.15. The van der Waals surface area contributed by atoms with E-state index in [9.17, 15) is 0 Å². The Kier molecular flexibility index (Phi) is 18.2. The fourth-order valence-corrected chi connectivity index (χ4v) is 0. The van der Waals surface area contributed by atoms with Gasteiger partial charge >= 0.3 is 19.5 Å². The van der Waals surface area contributed by atoms with Crippen molar-refractivity contribution in [2.24, 2.45) is 0 Å². The summed E-state index contributed by atoms with van der Waals surface area (Å²) in [5.74, 6) is -1.08. The molecule has 48 valence electrons. The second-order valence-electron chi connectivity index (χ2n) is 0.757. The molecule has 1 N–H and O–H groups in total. The molecule has 0 aromatic rings. The van der Waals surface area contributed by atoms with Crippen molar-refractivity contribution < 1.29 is 44.4 Å². The number of carboxylic acid groups (broad SMARTS) is 3. The van der Waals surface area contributed by atoms with Crippen LogP contribution < -0.4 is 10.2 Å². The Balaban J connectivity index is -0.0000000720. The minimum absolute atomic E-state index is 0. The molecule has 0 aromatic carbocycles. The van der Waals surface area contributed by atoms with Gasteiger partial charge in [0.05, 0.1) is 0 Å². The number of rotatable bonds is 0. The molecule has 0 radical (unpaired) electrons. The van der Waals surface area contributed by atoms with Gasteiger partial charge < -0.3 is 24.9 Å². The SMILES string of the molecule is CC(=O)[O-].O=C([O-])O.[Zn+2]. The van der Waals surface area contributed by atoms with E-state index in [1.54, 1.807) is 0 Å².